The molecule has 0 N–H and O–H groups in total. The number of morpholine rings is 1. The molecule has 3 aromatic rings. The lowest BCUT2D eigenvalue weighted by atomic mass is 10.3. The molecule has 0 bridgehead atoms. The van der Waals surface area contributed by atoms with Crippen LogP contribution in [0.4, 0.5) is 5.69 Å². The van der Waals surface area contributed by atoms with Crippen LogP contribution in [-0.2, 0) is 9.53 Å². The molecule has 0 saturated carbocycles. The summed E-state index contributed by atoms with van der Waals surface area (Å²) in [5.74, 6) is 0.0186. The summed E-state index contributed by atoms with van der Waals surface area (Å²) in [6, 6.07) is 24.2. The molecule has 0 spiro atoms. The van der Waals surface area contributed by atoms with Crippen LogP contribution in [-0.4, -0.2) is 64.8 Å². The number of hydrogen-bond acceptors (Lipinski definition) is 5. The maximum absolute atomic E-state index is 13.6. The third kappa shape index (κ3) is 5.59. The SMILES string of the molecule is Cc1ccc(/C=C2\SC(=Nc3ccccc3)N(CCCN3CCOCC3)C2=O)n1-c1ccccc1. The van der Waals surface area contributed by atoms with Gasteiger partial charge in [-0.2, -0.15) is 0 Å². The average Bonchev–Trinajstić information content (AvgIpc) is 3.40. The molecular formula is C28H30N4O2S. The lowest BCUT2D eigenvalue weighted by Crippen LogP contribution is -2.38. The number of benzene rings is 2. The van der Waals surface area contributed by atoms with Crippen LogP contribution in [0.2, 0.25) is 0 Å². The van der Waals surface area contributed by atoms with E-state index in [2.05, 4.69) is 40.7 Å². The van der Waals surface area contributed by atoms with Gasteiger partial charge in [0.05, 0.1) is 23.8 Å². The van der Waals surface area contributed by atoms with E-state index in [1.54, 1.807) is 0 Å². The van der Waals surface area contributed by atoms with Gasteiger partial charge in [0, 0.05) is 43.3 Å². The molecule has 0 unspecified atom stereocenters. The Hall–Kier alpha value is -3.13. The Kier molecular flexibility index (Phi) is 7.47. The van der Waals surface area contributed by atoms with Gasteiger partial charge in [-0.05, 0) is 67.6 Å². The number of aromatic nitrogens is 1. The van der Waals surface area contributed by atoms with Crippen molar-refractivity contribution in [3.8, 4) is 5.69 Å². The van der Waals surface area contributed by atoms with Crippen molar-refractivity contribution < 1.29 is 9.53 Å². The number of amidine groups is 1. The summed E-state index contributed by atoms with van der Waals surface area (Å²) in [7, 11) is 0. The number of hydrogen-bond donors (Lipinski definition) is 0. The Morgan fingerprint density at radius 1 is 0.943 bits per heavy atom. The van der Waals surface area contributed by atoms with Crippen molar-refractivity contribution in [1.29, 1.82) is 0 Å². The Balaban J connectivity index is 1.41. The largest absolute Gasteiger partial charge is 0.379 e. The molecule has 35 heavy (non-hydrogen) atoms. The molecule has 7 heteroatoms. The molecule has 180 valence electrons. The maximum Gasteiger partial charge on any atom is 0.266 e. The number of nitrogens with zero attached hydrogens (tertiary/aromatic N) is 4. The molecule has 2 saturated heterocycles. The highest BCUT2D eigenvalue weighted by molar-refractivity contribution is 8.18. The topological polar surface area (TPSA) is 50.1 Å². The summed E-state index contributed by atoms with van der Waals surface area (Å²) < 4.78 is 7.63. The fourth-order valence-corrected chi connectivity index (χ4v) is 5.42. The summed E-state index contributed by atoms with van der Waals surface area (Å²) in [5.41, 5.74) is 4.04. The van der Waals surface area contributed by atoms with Crippen LogP contribution in [0.5, 0.6) is 0 Å². The van der Waals surface area contributed by atoms with Crippen LogP contribution in [0.1, 0.15) is 17.8 Å². The second kappa shape index (κ2) is 11.1. The zero-order chi connectivity index (χ0) is 24.0. The Labute approximate surface area is 210 Å². The van der Waals surface area contributed by atoms with Crippen LogP contribution in [0.15, 0.2) is 82.7 Å². The number of amides is 1. The van der Waals surface area contributed by atoms with Crippen molar-refractivity contribution in [3.63, 3.8) is 0 Å². The van der Waals surface area contributed by atoms with Gasteiger partial charge in [-0.25, -0.2) is 4.99 Å². The van der Waals surface area contributed by atoms with Crippen molar-refractivity contribution in [3.05, 3.63) is 89.1 Å². The summed E-state index contributed by atoms with van der Waals surface area (Å²) in [5, 5.41) is 0.740. The third-order valence-corrected chi connectivity index (χ3v) is 7.23. The van der Waals surface area contributed by atoms with E-state index in [0.29, 0.717) is 11.4 Å². The summed E-state index contributed by atoms with van der Waals surface area (Å²) in [4.78, 5) is 23.3. The highest BCUT2D eigenvalue weighted by atomic mass is 32.2. The van der Waals surface area contributed by atoms with Gasteiger partial charge >= 0.3 is 0 Å². The van der Waals surface area contributed by atoms with Crippen LogP contribution in [0, 0.1) is 6.92 Å². The highest BCUT2D eigenvalue weighted by Gasteiger charge is 2.33. The third-order valence-electron chi connectivity index (χ3n) is 6.23. The smallest absolute Gasteiger partial charge is 0.266 e. The van der Waals surface area contributed by atoms with E-state index >= 15 is 0 Å². The average molecular weight is 487 g/mol. The normalized spacial score (nSPS) is 19.2. The molecule has 0 atom stereocenters. The molecule has 0 radical (unpaired) electrons. The minimum Gasteiger partial charge on any atom is -0.379 e. The van der Waals surface area contributed by atoms with E-state index in [1.165, 1.54) is 11.8 Å². The van der Waals surface area contributed by atoms with E-state index in [9.17, 15) is 4.79 Å². The van der Waals surface area contributed by atoms with E-state index in [-0.39, 0.29) is 5.91 Å². The molecule has 3 heterocycles. The van der Waals surface area contributed by atoms with Gasteiger partial charge in [-0.1, -0.05) is 36.4 Å². The zero-order valence-electron chi connectivity index (χ0n) is 20.0. The Morgan fingerprint density at radius 3 is 2.40 bits per heavy atom. The van der Waals surface area contributed by atoms with Gasteiger partial charge in [0.25, 0.3) is 5.91 Å². The van der Waals surface area contributed by atoms with Crippen molar-refractivity contribution in [2.75, 3.05) is 39.4 Å². The van der Waals surface area contributed by atoms with Gasteiger partial charge in [0.2, 0.25) is 0 Å². The van der Waals surface area contributed by atoms with Gasteiger partial charge in [0.15, 0.2) is 5.17 Å². The number of thioether (sulfide) groups is 1. The molecular weight excluding hydrogens is 456 g/mol. The minimum absolute atomic E-state index is 0.0186. The molecule has 2 aliphatic heterocycles. The first-order valence-electron chi connectivity index (χ1n) is 12.1. The first-order chi connectivity index (χ1) is 17.2. The van der Waals surface area contributed by atoms with Crippen LogP contribution < -0.4 is 0 Å². The molecule has 1 aromatic heterocycles. The van der Waals surface area contributed by atoms with Crippen LogP contribution in [0.3, 0.4) is 0 Å². The molecule has 1 amide bonds. The van der Waals surface area contributed by atoms with Gasteiger partial charge in [-0.3, -0.25) is 14.6 Å². The maximum atomic E-state index is 13.6. The predicted octanol–water partition coefficient (Wildman–Crippen LogP) is 5.11. The molecule has 5 rings (SSSR count). The van der Waals surface area contributed by atoms with Gasteiger partial charge in [0.1, 0.15) is 0 Å². The summed E-state index contributed by atoms with van der Waals surface area (Å²) >= 11 is 1.46. The van der Waals surface area contributed by atoms with E-state index in [1.807, 2.05) is 59.5 Å². The number of rotatable bonds is 7. The van der Waals surface area contributed by atoms with Crippen molar-refractivity contribution in [2.24, 2.45) is 4.99 Å². The monoisotopic (exact) mass is 486 g/mol. The number of carbonyl (C=O) groups excluding carboxylic acids is 1. The fourth-order valence-electron chi connectivity index (χ4n) is 4.41. The first-order valence-corrected chi connectivity index (χ1v) is 12.9. The second-order valence-corrected chi connectivity index (χ2v) is 9.68. The highest BCUT2D eigenvalue weighted by Crippen LogP contribution is 2.35. The summed E-state index contributed by atoms with van der Waals surface area (Å²) in [6.07, 6.45) is 2.89. The second-order valence-electron chi connectivity index (χ2n) is 8.68. The number of aliphatic imine (C=N–C) groups is 1. The predicted molar refractivity (Wildman–Crippen MR) is 143 cm³/mol. The van der Waals surface area contributed by atoms with E-state index in [0.717, 1.165) is 67.2 Å². The number of carbonyl (C=O) groups is 1. The lowest BCUT2D eigenvalue weighted by Gasteiger charge is -2.27. The number of para-hydroxylation sites is 2. The lowest BCUT2D eigenvalue weighted by molar-refractivity contribution is -0.122. The van der Waals surface area contributed by atoms with Crippen molar-refractivity contribution in [1.82, 2.24) is 14.4 Å². The van der Waals surface area contributed by atoms with Crippen LogP contribution >= 0.6 is 11.8 Å². The fraction of sp³-hybridized carbons (Fsp3) is 0.286. The van der Waals surface area contributed by atoms with E-state index in [4.69, 9.17) is 9.73 Å². The van der Waals surface area contributed by atoms with Crippen molar-refractivity contribution >= 4 is 34.6 Å². The van der Waals surface area contributed by atoms with Gasteiger partial charge in [-0.15, -0.1) is 0 Å². The molecule has 6 nitrogen and oxygen atoms in total. The van der Waals surface area contributed by atoms with Crippen LogP contribution in [0.25, 0.3) is 11.8 Å². The minimum atomic E-state index is 0.0186. The van der Waals surface area contributed by atoms with Crippen molar-refractivity contribution in [2.45, 2.75) is 13.3 Å². The molecule has 2 fully saturated rings. The quantitative estimate of drug-likeness (QED) is 0.436. The Bertz CT molecular complexity index is 1210. The standard InChI is InChI=1S/C28H30N4O2S/c1-22-13-14-25(32(22)24-11-6-3-7-12-24)21-26-27(33)31(16-8-15-30-17-19-34-20-18-30)28(35-26)29-23-9-4-2-5-10-23/h2-7,9-14,21H,8,15-20H2,1H3/b26-21-,29-28?. The first kappa shape index (κ1) is 23.6. The number of aryl methyl sites for hydroxylation is 1. The van der Waals surface area contributed by atoms with Gasteiger partial charge < -0.3 is 9.30 Å². The zero-order valence-corrected chi connectivity index (χ0v) is 20.8. The van der Waals surface area contributed by atoms with E-state index < -0.39 is 0 Å². The number of ether oxygens (including phenoxy) is 1. The molecule has 2 aliphatic rings. The summed E-state index contributed by atoms with van der Waals surface area (Å²) in [6.45, 7) is 7.15. The Morgan fingerprint density at radius 2 is 1.66 bits per heavy atom. The molecule has 2 aromatic carbocycles. The molecule has 0 aliphatic carbocycles.